The minimum atomic E-state index is -0.405. The number of hydrogen-bond donors (Lipinski definition) is 3. The molecule has 20 heavy (non-hydrogen) atoms. The van der Waals surface area contributed by atoms with Gasteiger partial charge in [-0.3, -0.25) is 24.7 Å². The van der Waals surface area contributed by atoms with Gasteiger partial charge in [0.15, 0.2) is 0 Å². The lowest BCUT2D eigenvalue weighted by atomic mass is 10.3. The van der Waals surface area contributed by atoms with E-state index in [2.05, 4.69) is 22.7 Å². The maximum absolute atomic E-state index is 11.7. The largest absolute Gasteiger partial charge is 0.346 e. The molecule has 7 nitrogen and oxygen atoms in total. The molecule has 1 saturated heterocycles. The molecule has 1 fully saturated rings. The zero-order valence-corrected chi connectivity index (χ0v) is 12.7. The van der Waals surface area contributed by atoms with Crippen molar-refractivity contribution in [3.63, 3.8) is 0 Å². The first-order valence-electron chi connectivity index (χ1n) is 5.84. The van der Waals surface area contributed by atoms with E-state index in [1.807, 2.05) is 0 Å². The molecule has 0 spiro atoms. The Morgan fingerprint density at radius 2 is 2.10 bits per heavy atom. The number of nitrogens with one attached hydrogen (secondary N) is 3. The van der Waals surface area contributed by atoms with Crippen LogP contribution < -0.4 is 16.2 Å². The molecule has 110 valence electrons. The number of nitrogens with zero attached hydrogens (tertiary/aromatic N) is 1. The van der Waals surface area contributed by atoms with Crippen LogP contribution in [0.3, 0.4) is 0 Å². The first-order chi connectivity index (χ1) is 9.41. The quantitative estimate of drug-likeness (QED) is 0.336. The highest BCUT2D eigenvalue weighted by molar-refractivity contribution is 8.23. The van der Waals surface area contributed by atoms with Crippen LogP contribution in [0.5, 0.6) is 0 Å². The van der Waals surface area contributed by atoms with Crippen molar-refractivity contribution in [2.75, 3.05) is 25.4 Å². The maximum atomic E-state index is 11.7. The summed E-state index contributed by atoms with van der Waals surface area (Å²) < 4.78 is 0.538. The molecule has 3 N–H and O–H groups in total. The second kappa shape index (κ2) is 7.98. The van der Waals surface area contributed by atoms with Gasteiger partial charge in [0.25, 0.3) is 5.91 Å². The van der Waals surface area contributed by atoms with Crippen LogP contribution in [-0.2, 0) is 14.4 Å². The van der Waals surface area contributed by atoms with Gasteiger partial charge in [0.1, 0.15) is 4.32 Å². The van der Waals surface area contributed by atoms with Crippen LogP contribution in [0.2, 0.25) is 0 Å². The van der Waals surface area contributed by atoms with Gasteiger partial charge in [0.2, 0.25) is 11.8 Å². The summed E-state index contributed by atoms with van der Waals surface area (Å²) in [6, 6.07) is 0. The highest BCUT2D eigenvalue weighted by Gasteiger charge is 2.23. The molecule has 3 amide bonds. The average Bonchev–Trinajstić information content (AvgIpc) is 2.82. The second-order valence-electron chi connectivity index (χ2n) is 4.02. The fraction of sp³-hybridized carbons (Fsp3) is 0.455. The Kier molecular flexibility index (Phi) is 6.62. The van der Waals surface area contributed by atoms with E-state index in [4.69, 9.17) is 12.2 Å². The van der Waals surface area contributed by atoms with Crippen LogP contribution in [0.4, 0.5) is 0 Å². The molecular weight excluding hydrogens is 300 g/mol. The Hall–Kier alpha value is -1.45. The summed E-state index contributed by atoms with van der Waals surface area (Å²) in [4.78, 5) is 35.8. The molecule has 0 radical (unpaired) electrons. The fourth-order valence-electron chi connectivity index (χ4n) is 1.26. The van der Waals surface area contributed by atoms with Crippen LogP contribution in [0.1, 0.15) is 6.92 Å². The third kappa shape index (κ3) is 5.27. The van der Waals surface area contributed by atoms with Crippen molar-refractivity contribution in [1.29, 1.82) is 0 Å². The Morgan fingerprint density at radius 1 is 1.40 bits per heavy atom. The minimum Gasteiger partial charge on any atom is -0.346 e. The predicted molar refractivity (Wildman–Crippen MR) is 80.7 cm³/mol. The Bertz CT molecular complexity index is 453. The third-order valence-corrected chi connectivity index (χ3v) is 3.77. The average molecular weight is 316 g/mol. The summed E-state index contributed by atoms with van der Waals surface area (Å²) in [6.45, 7) is 5.32. The lowest BCUT2D eigenvalue weighted by molar-refractivity contribution is -0.129. The van der Waals surface area contributed by atoms with E-state index < -0.39 is 11.8 Å². The van der Waals surface area contributed by atoms with Crippen LogP contribution in [0.25, 0.3) is 0 Å². The molecule has 1 heterocycles. The number of amides is 3. The normalized spacial score (nSPS) is 14.1. The Morgan fingerprint density at radius 3 is 2.65 bits per heavy atom. The molecule has 0 atom stereocenters. The van der Waals surface area contributed by atoms with E-state index in [1.54, 1.807) is 6.92 Å². The number of thioether (sulfide) groups is 1. The van der Waals surface area contributed by atoms with Crippen molar-refractivity contribution in [2.24, 2.45) is 0 Å². The summed E-state index contributed by atoms with van der Waals surface area (Å²) >= 11 is 6.45. The Labute approximate surface area is 126 Å². The monoisotopic (exact) mass is 316 g/mol. The lowest BCUT2D eigenvalue weighted by Gasteiger charge is -2.15. The zero-order valence-electron chi connectivity index (χ0n) is 11.0. The minimum absolute atomic E-state index is 0.115. The first-order valence-corrected chi connectivity index (χ1v) is 7.23. The molecule has 1 rings (SSSR count). The van der Waals surface area contributed by atoms with Crippen LogP contribution >= 0.6 is 24.0 Å². The predicted octanol–water partition coefficient (Wildman–Crippen LogP) is -0.840. The number of hydrogen-bond acceptors (Lipinski definition) is 6. The molecule has 1 aliphatic rings. The van der Waals surface area contributed by atoms with E-state index in [9.17, 15) is 14.4 Å². The standard InChI is InChI=1S/C11H16N4O3S2/c1-7(2)10(18)14-13-5-8(16)12-6-9(17)15-3-4-20-11(15)19/h13H,1,3-6H2,2H3,(H,12,16)(H,14,18). The highest BCUT2D eigenvalue weighted by Crippen LogP contribution is 2.17. The lowest BCUT2D eigenvalue weighted by Crippen LogP contribution is -2.46. The molecule has 0 saturated carbocycles. The van der Waals surface area contributed by atoms with Crippen LogP contribution in [0, 0.1) is 0 Å². The first kappa shape index (κ1) is 16.6. The molecule has 0 aliphatic carbocycles. The van der Waals surface area contributed by atoms with Crippen molar-refractivity contribution >= 4 is 46.0 Å². The molecule has 1 aliphatic heterocycles. The number of rotatable bonds is 6. The number of carbonyl (C=O) groups is 3. The van der Waals surface area contributed by atoms with Crippen molar-refractivity contribution in [2.45, 2.75) is 6.92 Å². The van der Waals surface area contributed by atoms with Crippen molar-refractivity contribution in [3.8, 4) is 0 Å². The van der Waals surface area contributed by atoms with Gasteiger partial charge in [-0.15, -0.1) is 0 Å². The summed E-state index contributed by atoms with van der Waals surface area (Å²) in [5.41, 5.74) is 5.06. The SMILES string of the molecule is C=C(C)C(=O)NNCC(=O)NCC(=O)N1CCSC1=S. The van der Waals surface area contributed by atoms with Gasteiger partial charge in [-0.1, -0.05) is 30.6 Å². The summed E-state index contributed by atoms with van der Waals surface area (Å²) in [5.74, 6) is -0.252. The molecule has 0 aromatic rings. The smallest absolute Gasteiger partial charge is 0.260 e. The molecule has 0 bridgehead atoms. The van der Waals surface area contributed by atoms with Gasteiger partial charge in [-0.05, 0) is 6.92 Å². The number of thiocarbonyl (C=S) groups is 1. The number of carbonyl (C=O) groups excluding carboxylic acids is 3. The topological polar surface area (TPSA) is 90.5 Å². The fourth-order valence-corrected chi connectivity index (χ4v) is 2.50. The van der Waals surface area contributed by atoms with E-state index in [-0.39, 0.29) is 19.0 Å². The van der Waals surface area contributed by atoms with Crippen molar-refractivity contribution in [1.82, 2.24) is 21.1 Å². The second-order valence-corrected chi connectivity index (χ2v) is 5.75. The van der Waals surface area contributed by atoms with E-state index >= 15 is 0 Å². The van der Waals surface area contributed by atoms with Gasteiger partial charge in [-0.2, -0.15) is 0 Å². The Balaban J connectivity index is 2.20. The summed E-state index contributed by atoms with van der Waals surface area (Å²) in [5, 5.41) is 2.45. The van der Waals surface area contributed by atoms with Gasteiger partial charge in [-0.25, -0.2) is 5.43 Å². The zero-order chi connectivity index (χ0) is 15.1. The van der Waals surface area contributed by atoms with Crippen molar-refractivity contribution < 1.29 is 14.4 Å². The number of hydrazine groups is 1. The van der Waals surface area contributed by atoms with Crippen LogP contribution in [0.15, 0.2) is 12.2 Å². The van der Waals surface area contributed by atoms with E-state index in [1.165, 1.54) is 16.7 Å². The maximum Gasteiger partial charge on any atom is 0.260 e. The van der Waals surface area contributed by atoms with Gasteiger partial charge < -0.3 is 5.32 Å². The van der Waals surface area contributed by atoms with Gasteiger partial charge in [0.05, 0.1) is 13.1 Å². The third-order valence-electron chi connectivity index (χ3n) is 2.34. The molecule has 0 aromatic heterocycles. The van der Waals surface area contributed by atoms with E-state index in [0.29, 0.717) is 16.4 Å². The summed E-state index contributed by atoms with van der Waals surface area (Å²) in [6.07, 6.45) is 0. The molecule has 9 heteroatoms. The molecule has 0 aromatic carbocycles. The summed E-state index contributed by atoms with van der Waals surface area (Å²) in [7, 11) is 0. The molecular formula is C11H16N4O3S2. The molecule has 0 unspecified atom stereocenters. The highest BCUT2D eigenvalue weighted by atomic mass is 32.2. The van der Waals surface area contributed by atoms with E-state index in [0.717, 1.165) is 5.75 Å². The van der Waals surface area contributed by atoms with Crippen LogP contribution in [-0.4, -0.2) is 52.3 Å². The van der Waals surface area contributed by atoms with Gasteiger partial charge >= 0.3 is 0 Å². The van der Waals surface area contributed by atoms with Gasteiger partial charge in [0, 0.05) is 17.9 Å². The van der Waals surface area contributed by atoms with Crippen molar-refractivity contribution in [3.05, 3.63) is 12.2 Å².